The number of hydrogen-bond acceptors (Lipinski definition) is 2. The van der Waals surface area contributed by atoms with Crippen molar-refractivity contribution in [1.29, 1.82) is 0 Å². The van der Waals surface area contributed by atoms with E-state index in [1.54, 1.807) is 0 Å². The van der Waals surface area contributed by atoms with Gasteiger partial charge in [0, 0.05) is 25.2 Å². The van der Waals surface area contributed by atoms with Gasteiger partial charge in [0.2, 0.25) is 0 Å². The van der Waals surface area contributed by atoms with Crippen LogP contribution in [0.3, 0.4) is 0 Å². The molecule has 4 nitrogen and oxygen atoms in total. The molecule has 3 fully saturated rings. The zero-order valence-corrected chi connectivity index (χ0v) is 14.8. The van der Waals surface area contributed by atoms with Gasteiger partial charge in [0.1, 0.15) is 5.82 Å². The molecule has 1 aromatic rings. The maximum atomic E-state index is 13.2. The maximum absolute atomic E-state index is 13.2. The second-order valence-corrected chi connectivity index (χ2v) is 8.28. The van der Waals surface area contributed by atoms with Gasteiger partial charge in [-0.25, -0.2) is 9.18 Å². The Hall–Kier alpha value is -1.62. The SMILES string of the molecule is CC1(O)CCN(C(=O)N2C3CCC2CC(c2ccc(F)cc2)C3)CC1. The lowest BCUT2D eigenvalue weighted by molar-refractivity contribution is -0.00273. The number of halogens is 1. The number of aliphatic hydroxyl groups is 1. The summed E-state index contributed by atoms with van der Waals surface area (Å²) in [6, 6.07) is 7.60. The van der Waals surface area contributed by atoms with Crippen LogP contribution in [0.25, 0.3) is 0 Å². The Labute approximate surface area is 148 Å². The molecule has 5 heteroatoms. The molecule has 2 bridgehead atoms. The van der Waals surface area contributed by atoms with Gasteiger partial charge in [-0.1, -0.05) is 12.1 Å². The third kappa shape index (κ3) is 3.26. The molecule has 0 radical (unpaired) electrons. The molecule has 1 aromatic carbocycles. The highest BCUT2D eigenvalue weighted by molar-refractivity contribution is 5.76. The number of carbonyl (C=O) groups is 1. The van der Waals surface area contributed by atoms with E-state index in [9.17, 15) is 14.3 Å². The van der Waals surface area contributed by atoms with Gasteiger partial charge >= 0.3 is 6.03 Å². The standard InChI is InChI=1S/C20H27FN2O2/c1-20(25)8-10-22(11-9-20)19(24)23-17-6-7-18(23)13-15(12-17)14-2-4-16(21)5-3-14/h2-5,15,17-18,25H,6-13H2,1H3. The van der Waals surface area contributed by atoms with Crippen LogP contribution < -0.4 is 0 Å². The maximum Gasteiger partial charge on any atom is 0.320 e. The summed E-state index contributed by atoms with van der Waals surface area (Å²) in [6.07, 6.45) is 5.39. The first-order valence-corrected chi connectivity index (χ1v) is 9.48. The van der Waals surface area contributed by atoms with Crippen molar-refractivity contribution in [2.75, 3.05) is 13.1 Å². The number of likely N-dealkylation sites (tertiary alicyclic amines) is 1. The van der Waals surface area contributed by atoms with Crippen molar-refractivity contribution < 1.29 is 14.3 Å². The highest BCUT2D eigenvalue weighted by Gasteiger charge is 2.45. The minimum absolute atomic E-state index is 0.153. The lowest BCUT2D eigenvalue weighted by Crippen LogP contribution is -2.55. The second-order valence-electron chi connectivity index (χ2n) is 8.28. The Kier molecular flexibility index (Phi) is 4.22. The molecule has 3 heterocycles. The van der Waals surface area contributed by atoms with Crippen molar-refractivity contribution in [1.82, 2.24) is 9.80 Å². The number of benzene rings is 1. The predicted molar refractivity (Wildman–Crippen MR) is 93.9 cm³/mol. The van der Waals surface area contributed by atoms with Crippen LogP contribution in [-0.2, 0) is 0 Å². The Bertz CT molecular complexity index is 622. The summed E-state index contributed by atoms with van der Waals surface area (Å²) >= 11 is 0. The molecule has 1 N–H and O–H groups in total. The van der Waals surface area contributed by atoms with Crippen LogP contribution in [0, 0.1) is 5.82 Å². The first kappa shape index (κ1) is 16.8. The third-order valence-corrected chi connectivity index (χ3v) is 6.41. The quantitative estimate of drug-likeness (QED) is 0.846. The number of rotatable bonds is 1. The van der Waals surface area contributed by atoms with Crippen LogP contribution in [0.15, 0.2) is 24.3 Å². The van der Waals surface area contributed by atoms with Crippen molar-refractivity contribution in [2.45, 2.75) is 69.1 Å². The van der Waals surface area contributed by atoms with Crippen molar-refractivity contribution in [3.8, 4) is 0 Å². The Morgan fingerprint density at radius 1 is 1.12 bits per heavy atom. The average Bonchev–Trinajstić information content (AvgIpc) is 2.85. The number of carbonyl (C=O) groups excluding carboxylic acids is 1. The van der Waals surface area contributed by atoms with Crippen molar-refractivity contribution in [3.05, 3.63) is 35.6 Å². The molecule has 3 aliphatic heterocycles. The van der Waals surface area contributed by atoms with Crippen LogP contribution in [-0.4, -0.2) is 51.7 Å². The first-order valence-electron chi connectivity index (χ1n) is 9.48. The zero-order chi connectivity index (χ0) is 17.6. The summed E-state index contributed by atoms with van der Waals surface area (Å²) in [7, 11) is 0. The number of urea groups is 1. The first-order chi connectivity index (χ1) is 11.9. The van der Waals surface area contributed by atoms with E-state index in [4.69, 9.17) is 0 Å². The molecule has 0 saturated carbocycles. The van der Waals surface area contributed by atoms with Gasteiger partial charge in [-0.3, -0.25) is 0 Å². The fourth-order valence-electron chi connectivity index (χ4n) is 4.84. The number of nitrogens with zero attached hydrogens (tertiary/aromatic N) is 2. The molecule has 2 unspecified atom stereocenters. The summed E-state index contributed by atoms with van der Waals surface area (Å²) in [6.45, 7) is 3.14. The number of hydrogen-bond donors (Lipinski definition) is 1. The van der Waals surface area contributed by atoms with Crippen LogP contribution in [0.4, 0.5) is 9.18 Å². The van der Waals surface area contributed by atoms with Gasteiger partial charge in [0.05, 0.1) is 5.60 Å². The molecule has 4 rings (SSSR count). The highest BCUT2D eigenvalue weighted by Crippen LogP contribution is 2.43. The minimum atomic E-state index is -0.634. The van der Waals surface area contributed by atoms with Crippen LogP contribution in [0.5, 0.6) is 0 Å². The number of piperidine rings is 2. The fourth-order valence-corrected chi connectivity index (χ4v) is 4.84. The normalized spacial score (nSPS) is 31.2. The summed E-state index contributed by atoms with van der Waals surface area (Å²) in [5.41, 5.74) is 0.560. The van der Waals surface area contributed by atoms with E-state index in [2.05, 4.69) is 4.90 Å². The lowest BCUT2D eigenvalue weighted by Gasteiger charge is -2.44. The summed E-state index contributed by atoms with van der Waals surface area (Å²) in [5, 5.41) is 10.1. The molecule has 25 heavy (non-hydrogen) atoms. The van der Waals surface area contributed by atoms with E-state index in [0.29, 0.717) is 43.9 Å². The Morgan fingerprint density at radius 2 is 1.68 bits per heavy atom. The van der Waals surface area contributed by atoms with Crippen molar-refractivity contribution in [2.24, 2.45) is 0 Å². The Balaban J connectivity index is 1.44. The molecule has 0 aliphatic carbocycles. The molecule has 136 valence electrons. The zero-order valence-electron chi connectivity index (χ0n) is 14.8. The summed E-state index contributed by atoms with van der Waals surface area (Å²) in [4.78, 5) is 17.1. The fraction of sp³-hybridized carbons (Fsp3) is 0.650. The average molecular weight is 346 g/mol. The van der Waals surface area contributed by atoms with E-state index in [1.807, 2.05) is 24.0 Å². The molecule has 0 spiro atoms. The van der Waals surface area contributed by atoms with Gasteiger partial charge in [0.15, 0.2) is 0 Å². The van der Waals surface area contributed by atoms with Crippen LogP contribution in [0.2, 0.25) is 0 Å². The molecule has 2 amide bonds. The van der Waals surface area contributed by atoms with Gasteiger partial charge in [-0.15, -0.1) is 0 Å². The molecule has 3 aliphatic rings. The van der Waals surface area contributed by atoms with Crippen LogP contribution >= 0.6 is 0 Å². The van der Waals surface area contributed by atoms with Gasteiger partial charge in [-0.05, 0) is 69.1 Å². The van der Waals surface area contributed by atoms with E-state index < -0.39 is 5.60 Å². The molecule has 3 saturated heterocycles. The topological polar surface area (TPSA) is 43.8 Å². The second kappa shape index (κ2) is 6.27. The van der Waals surface area contributed by atoms with E-state index in [1.165, 1.54) is 17.7 Å². The van der Waals surface area contributed by atoms with Gasteiger partial charge in [-0.2, -0.15) is 0 Å². The highest BCUT2D eigenvalue weighted by atomic mass is 19.1. The number of amides is 2. The van der Waals surface area contributed by atoms with E-state index in [0.717, 1.165) is 25.7 Å². The van der Waals surface area contributed by atoms with Gasteiger partial charge in [0.25, 0.3) is 0 Å². The summed E-state index contributed by atoms with van der Waals surface area (Å²) in [5.74, 6) is 0.226. The molecular formula is C20H27FN2O2. The minimum Gasteiger partial charge on any atom is -0.390 e. The molecule has 2 atom stereocenters. The van der Waals surface area contributed by atoms with Gasteiger partial charge < -0.3 is 14.9 Å². The Morgan fingerprint density at radius 3 is 2.24 bits per heavy atom. The van der Waals surface area contributed by atoms with Crippen LogP contribution in [0.1, 0.15) is 56.9 Å². The lowest BCUT2D eigenvalue weighted by atomic mass is 9.85. The van der Waals surface area contributed by atoms with Crippen molar-refractivity contribution in [3.63, 3.8) is 0 Å². The number of fused-ring (bicyclic) bond motifs is 2. The third-order valence-electron chi connectivity index (χ3n) is 6.41. The summed E-state index contributed by atoms with van der Waals surface area (Å²) < 4.78 is 13.2. The van der Waals surface area contributed by atoms with Crippen molar-refractivity contribution >= 4 is 6.03 Å². The monoisotopic (exact) mass is 346 g/mol. The molecular weight excluding hydrogens is 319 g/mol. The largest absolute Gasteiger partial charge is 0.390 e. The molecule has 0 aromatic heterocycles. The predicted octanol–water partition coefficient (Wildman–Crippen LogP) is 3.50. The van der Waals surface area contributed by atoms with E-state index in [-0.39, 0.29) is 11.8 Å². The smallest absolute Gasteiger partial charge is 0.320 e. The van der Waals surface area contributed by atoms with E-state index >= 15 is 0 Å².